The maximum absolute atomic E-state index is 12.5. The number of nitrogens with two attached hydrogens (primary N) is 1. The van der Waals surface area contributed by atoms with Gasteiger partial charge in [0.25, 0.3) is 5.91 Å². The van der Waals surface area contributed by atoms with Crippen LogP contribution in [0.25, 0.3) is 10.9 Å². The number of carbonyl (C=O) groups is 1. The molecule has 3 rings (SSSR count). The van der Waals surface area contributed by atoms with Crippen LogP contribution in [0.2, 0.25) is 0 Å². The van der Waals surface area contributed by atoms with Crippen molar-refractivity contribution in [3.63, 3.8) is 0 Å². The molecule has 4 N–H and O–H groups in total. The normalized spacial score (nSPS) is 22.4. The molecule has 0 aliphatic heterocycles. The second-order valence-corrected chi connectivity index (χ2v) is 6.21. The zero-order chi connectivity index (χ0) is 15.0. The number of benzene rings is 1. The highest BCUT2D eigenvalue weighted by Gasteiger charge is 2.22. The lowest BCUT2D eigenvalue weighted by Gasteiger charge is -2.26. The second-order valence-electron chi connectivity index (χ2n) is 6.21. The number of nitrogens with one attached hydrogen (secondary N) is 2. The molecule has 4 heteroatoms. The lowest BCUT2D eigenvalue weighted by atomic mass is 9.92. The summed E-state index contributed by atoms with van der Waals surface area (Å²) < 4.78 is 0. The molecule has 21 heavy (non-hydrogen) atoms. The van der Waals surface area contributed by atoms with E-state index in [0.29, 0.717) is 11.7 Å². The molecule has 0 atom stereocenters. The molecule has 1 heterocycles. The van der Waals surface area contributed by atoms with Gasteiger partial charge < -0.3 is 16.0 Å². The Morgan fingerprint density at radius 1 is 1.24 bits per heavy atom. The molecule has 112 valence electrons. The monoisotopic (exact) mass is 285 g/mol. The van der Waals surface area contributed by atoms with E-state index >= 15 is 0 Å². The molecule has 1 aliphatic rings. The van der Waals surface area contributed by atoms with Crippen LogP contribution < -0.4 is 11.1 Å². The van der Waals surface area contributed by atoms with E-state index < -0.39 is 0 Å². The Labute approximate surface area is 125 Å². The fraction of sp³-hybridized carbons (Fsp3) is 0.471. The van der Waals surface area contributed by atoms with Crippen molar-refractivity contribution >= 4 is 16.8 Å². The lowest BCUT2D eigenvalue weighted by Crippen LogP contribution is -2.40. The fourth-order valence-electron chi connectivity index (χ4n) is 3.25. The summed E-state index contributed by atoms with van der Waals surface area (Å²) in [6.45, 7) is 4.06. The minimum absolute atomic E-state index is 0.00331. The summed E-state index contributed by atoms with van der Waals surface area (Å²) in [5, 5.41) is 4.28. The van der Waals surface area contributed by atoms with Crippen molar-refractivity contribution in [1.82, 2.24) is 10.3 Å². The highest BCUT2D eigenvalue weighted by Crippen LogP contribution is 2.25. The smallest absolute Gasteiger partial charge is 0.268 e. The van der Waals surface area contributed by atoms with Gasteiger partial charge in [-0.3, -0.25) is 4.79 Å². The third-order valence-corrected chi connectivity index (χ3v) is 4.64. The number of fused-ring (bicyclic) bond motifs is 1. The maximum Gasteiger partial charge on any atom is 0.268 e. The van der Waals surface area contributed by atoms with Crippen molar-refractivity contribution in [2.75, 3.05) is 0 Å². The molecule has 1 saturated carbocycles. The number of hydrogen-bond donors (Lipinski definition) is 3. The van der Waals surface area contributed by atoms with Crippen molar-refractivity contribution in [2.45, 2.75) is 51.6 Å². The molecule has 1 fully saturated rings. The van der Waals surface area contributed by atoms with Gasteiger partial charge in [-0.05, 0) is 50.7 Å². The molecule has 0 radical (unpaired) electrons. The van der Waals surface area contributed by atoms with Crippen molar-refractivity contribution in [3.05, 3.63) is 35.0 Å². The Morgan fingerprint density at radius 3 is 2.62 bits per heavy atom. The van der Waals surface area contributed by atoms with Crippen LogP contribution in [0.3, 0.4) is 0 Å². The SMILES string of the molecule is Cc1c(C(=O)NC2CCC(N)CC2)[nH]c2c(C)cccc12. The number of para-hydroxylation sites is 1. The second kappa shape index (κ2) is 5.53. The predicted octanol–water partition coefficient (Wildman–Crippen LogP) is 2.78. The zero-order valence-electron chi connectivity index (χ0n) is 12.7. The first-order valence-corrected chi connectivity index (χ1v) is 7.70. The molecule has 0 bridgehead atoms. The van der Waals surface area contributed by atoms with Gasteiger partial charge in [0.05, 0.1) is 0 Å². The quantitative estimate of drug-likeness (QED) is 0.794. The summed E-state index contributed by atoms with van der Waals surface area (Å²) >= 11 is 0. The summed E-state index contributed by atoms with van der Waals surface area (Å²) in [7, 11) is 0. The lowest BCUT2D eigenvalue weighted by molar-refractivity contribution is 0.0921. The molecule has 1 aromatic heterocycles. The fourth-order valence-corrected chi connectivity index (χ4v) is 3.25. The third-order valence-electron chi connectivity index (χ3n) is 4.64. The molecular weight excluding hydrogens is 262 g/mol. The van der Waals surface area contributed by atoms with E-state index in [-0.39, 0.29) is 11.9 Å². The molecule has 0 spiro atoms. The highest BCUT2D eigenvalue weighted by atomic mass is 16.1. The van der Waals surface area contributed by atoms with Crippen LogP contribution in [0.15, 0.2) is 18.2 Å². The summed E-state index contributed by atoms with van der Waals surface area (Å²) in [5.41, 5.74) is 9.85. The molecule has 1 aromatic carbocycles. The minimum Gasteiger partial charge on any atom is -0.350 e. The van der Waals surface area contributed by atoms with Gasteiger partial charge in [0, 0.05) is 23.0 Å². The van der Waals surface area contributed by atoms with Gasteiger partial charge in [-0.25, -0.2) is 0 Å². The van der Waals surface area contributed by atoms with Gasteiger partial charge in [-0.15, -0.1) is 0 Å². The average Bonchev–Trinajstić information content (AvgIpc) is 2.81. The first kappa shape index (κ1) is 14.1. The van der Waals surface area contributed by atoms with Crippen LogP contribution in [-0.4, -0.2) is 23.0 Å². The Bertz CT molecular complexity index is 666. The summed E-state index contributed by atoms with van der Waals surface area (Å²) in [6, 6.07) is 6.70. The summed E-state index contributed by atoms with van der Waals surface area (Å²) in [4.78, 5) is 15.8. The number of aromatic amines is 1. The average molecular weight is 285 g/mol. The number of aryl methyl sites for hydroxylation is 2. The van der Waals surface area contributed by atoms with Gasteiger partial charge in [0.15, 0.2) is 0 Å². The minimum atomic E-state index is 0.00331. The van der Waals surface area contributed by atoms with Gasteiger partial charge >= 0.3 is 0 Å². The maximum atomic E-state index is 12.5. The topological polar surface area (TPSA) is 70.9 Å². The molecule has 1 amide bonds. The largest absolute Gasteiger partial charge is 0.350 e. The molecule has 1 aliphatic carbocycles. The zero-order valence-corrected chi connectivity index (χ0v) is 12.7. The Hall–Kier alpha value is -1.81. The Balaban J connectivity index is 1.82. The predicted molar refractivity (Wildman–Crippen MR) is 85.5 cm³/mol. The van der Waals surface area contributed by atoms with E-state index in [1.807, 2.05) is 13.0 Å². The number of carbonyl (C=O) groups excluding carboxylic acids is 1. The number of H-pyrrole nitrogens is 1. The van der Waals surface area contributed by atoms with Gasteiger partial charge in [-0.2, -0.15) is 0 Å². The number of rotatable bonds is 2. The van der Waals surface area contributed by atoms with E-state index in [4.69, 9.17) is 5.73 Å². The first-order valence-electron chi connectivity index (χ1n) is 7.70. The standard InChI is InChI=1S/C17H23N3O/c1-10-4-3-5-14-11(2)16(20-15(10)14)17(21)19-13-8-6-12(18)7-9-13/h3-5,12-13,20H,6-9,18H2,1-2H3,(H,19,21). The van der Waals surface area contributed by atoms with Crippen LogP contribution >= 0.6 is 0 Å². The molecular formula is C17H23N3O. The van der Waals surface area contributed by atoms with Crippen LogP contribution in [0.1, 0.15) is 47.3 Å². The van der Waals surface area contributed by atoms with E-state index in [1.165, 1.54) is 5.56 Å². The molecule has 2 aromatic rings. The van der Waals surface area contributed by atoms with Crippen LogP contribution in [0, 0.1) is 13.8 Å². The van der Waals surface area contributed by atoms with E-state index in [0.717, 1.165) is 42.1 Å². The van der Waals surface area contributed by atoms with Crippen LogP contribution in [0.4, 0.5) is 0 Å². The van der Waals surface area contributed by atoms with Crippen LogP contribution in [0.5, 0.6) is 0 Å². The number of aromatic nitrogens is 1. The van der Waals surface area contributed by atoms with Gasteiger partial charge in [0.2, 0.25) is 0 Å². The molecule has 0 unspecified atom stereocenters. The summed E-state index contributed by atoms with van der Waals surface area (Å²) in [5.74, 6) is 0.00331. The van der Waals surface area contributed by atoms with E-state index in [1.54, 1.807) is 0 Å². The van der Waals surface area contributed by atoms with Crippen LogP contribution in [-0.2, 0) is 0 Å². The summed E-state index contributed by atoms with van der Waals surface area (Å²) in [6.07, 6.45) is 3.95. The van der Waals surface area contributed by atoms with Crippen molar-refractivity contribution in [2.24, 2.45) is 5.73 Å². The molecule has 0 saturated heterocycles. The van der Waals surface area contributed by atoms with Gasteiger partial charge in [0.1, 0.15) is 5.69 Å². The first-order chi connectivity index (χ1) is 10.1. The van der Waals surface area contributed by atoms with E-state index in [2.05, 4.69) is 29.4 Å². The highest BCUT2D eigenvalue weighted by molar-refractivity contribution is 6.01. The van der Waals surface area contributed by atoms with Crippen molar-refractivity contribution in [1.29, 1.82) is 0 Å². The third kappa shape index (κ3) is 2.68. The van der Waals surface area contributed by atoms with E-state index in [9.17, 15) is 4.79 Å². The Morgan fingerprint density at radius 2 is 1.95 bits per heavy atom. The Kier molecular flexibility index (Phi) is 3.72. The number of amides is 1. The molecule has 4 nitrogen and oxygen atoms in total. The van der Waals surface area contributed by atoms with Crippen molar-refractivity contribution < 1.29 is 4.79 Å². The van der Waals surface area contributed by atoms with Crippen molar-refractivity contribution in [3.8, 4) is 0 Å². The van der Waals surface area contributed by atoms with Gasteiger partial charge in [-0.1, -0.05) is 18.2 Å². The number of hydrogen-bond acceptors (Lipinski definition) is 2.